The minimum atomic E-state index is -4.05. The van der Waals surface area contributed by atoms with Gasteiger partial charge in [-0.1, -0.05) is 48.4 Å². The summed E-state index contributed by atoms with van der Waals surface area (Å²) < 4.78 is 33.4. The number of likely N-dealkylation sites (tertiary alicyclic amines) is 1. The molecule has 0 saturated carbocycles. The highest BCUT2D eigenvalue weighted by Gasteiger charge is 2.27. The van der Waals surface area contributed by atoms with Gasteiger partial charge in [0, 0.05) is 18.1 Å². The van der Waals surface area contributed by atoms with Crippen molar-refractivity contribution in [3.05, 3.63) is 88.9 Å². The maximum Gasteiger partial charge on any atom is 0.264 e. The molecule has 9 heteroatoms. The second-order valence-electron chi connectivity index (χ2n) is 9.05. The van der Waals surface area contributed by atoms with Crippen LogP contribution in [0, 0.1) is 0 Å². The fraction of sp³-hybridized carbons (Fsp3) is 0.321. The third kappa shape index (κ3) is 7.03. The molecule has 1 heterocycles. The van der Waals surface area contributed by atoms with E-state index in [9.17, 15) is 13.2 Å². The molecule has 0 aliphatic carbocycles. The Morgan fingerprint density at radius 1 is 0.973 bits per heavy atom. The van der Waals surface area contributed by atoms with Gasteiger partial charge in [-0.05, 0) is 79.5 Å². The average Bonchev–Trinajstić information content (AvgIpc) is 2.91. The molecule has 0 atom stereocenters. The third-order valence-electron chi connectivity index (χ3n) is 6.47. The Morgan fingerprint density at radius 3 is 2.35 bits per heavy atom. The average molecular weight is 542 g/mol. The number of ether oxygens (including phenoxy) is 1. The minimum absolute atomic E-state index is 0.0490. The topological polar surface area (TPSA) is 79.0 Å². The van der Waals surface area contributed by atoms with Crippen LogP contribution in [0.5, 0.6) is 5.75 Å². The van der Waals surface area contributed by atoms with Crippen molar-refractivity contribution >= 4 is 33.2 Å². The summed E-state index contributed by atoms with van der Waals surface area (Å²) in [6.07, 6.45) is 3.69. The Bertz CT molecular complexity index is 1310. The number of halogens is 1. The van der Waals surface area contributed by atoms with Crippen LogP contribution in [-0.2, 0) is 27.9 Å². The van der Waals surface area contributed by atoms with Crippen LogP contribution in [0.4, 0.5) is 5.69 Å². The van der Waals surface area contributed by atoms with E-state index < -0.39 is 15.9 Å². The SMILES string of the molecule is COc1ccc(S(=O)(=O)N(CC(=O)NCc2ccccc2CN2CCCCC2)c2cccc(Cl)c2)cc1. The molecule has 1 amide bonds. The maximum absolute atomic E-state index is 13.6. The third-order valence-corrected chi connectivity index (χ3v) is 8.49. The smallest absolute Gasteiger partial charge is 0.264 e. The number of carbonyl (C=O) groups is 1. The Kier molecular flexibility index (Phi) is 9.08. The maximum atomic E-state index is 13.6. The fourth-order valence-electron chi connectivity index (χ4n) is 4.44. The van der Waals surface area contributed by atoms with Gasteiger partial charge in [-0.2, -0.15) is 0 Å². The molecule has 0 bridgehead atoms. The molecule has 0 aromatic heterocycles. The molecule has 3 aromatic rings. The second kappa shape index (κ2) is 12.4. The molecule has 0 spiro atoms. The normalized spacial score (nSPS) is 14.2. The number of hydrogen-bond acceptors (Lipinski definition) is 5. The van der Waals surface area contributed by atoms with Gasteiger partial charge in [0.15, 0.2) is 0 Å². The summed E-state index contributed by atoms with van der Waals surface area (Å²) in [4.78, 5) is 15.6. The van der Waals surface area contributed by atoms with Crippen molar-refractivity contribution in [2.75, 3.05) is 31.0 Å². The summed E-state index contributed by atoms with van der Waals surface area (Å²) in [5.74, 6) is 0.124. The number of hydrogen-bond donors (Lipinski definition) is 1. The first kappa shape index (κ1) is 27.0. The number of anilines is 1. The van der Waals surface area contributed by atoms with Crippen LogP contribution in [-0.4, -0.2) is 46.0 Å². The van der Waals surface area contributed by atoms with Crippen molar-refractivity contribution in [1.82, 2.24) is 10.2 Å². The number of nitrogens with zero attached hydrogens (tertiary/aromatic N) is 2. The van der Waals surface area contributed by atoms with Crippen molar-refractivity contribution in [2.45, 2.75) is 37.2 Å². The quantitative estimate of drug-likeness (QED) is 0.397. The molecule has 7 nitrogen and oxygen atoms in total. The van der Waals surface area contributed by atoms with Gasteiger partial charge in [-0.3, -0.25) is 14.0 Å². The predicted octanol–water partition coefficient (Wildman–Crippen LogP) is 4.85. The summed E-state index contributed by atoms with van der Waals surface area (Å²) in [5.41, 5.74) is 2.50. The Morgan fingerprint density at radius 2 is 1.68 bits per heavy atom. The van der Waals surface area contributed by atoms with E-state index in [1.54, 1.807) is 30.3 Å². The lowest BCUT2D eigenvalue weighted by Gasteiger charge is -2.27. The van der Waals surface area contributed by atoms with Crippen LogP contribution in [0.25, 0.3) is 0 Å². The highest BCUT2D eigenvalue weighted by atomic mass is 35.5. The van der Waals surface area contributed by atoms with Gasteiger partial charge in [0.05, 0.1) is 17.7 Å². The van der Waals surface area contributed by atoms with E-state index in [1.165, 1.54) is 50.1 Å². The molecular weight excluding hydrogens is 510 g/mol. The van der Waals surface area contributed by atoms with Crippen LogP contribution in [0.1, 0.15) is 30.4 Å². The zero-order chi connectivity index (χ0) is 26.3. The summed E-state index contributed by atoms with van der Waals surface area (Å²) in [6, 6.07) is 20.6. The largest absolute Gasteiger partial charge is 0.497 e. The lowest BCUT2D eigenvalue weighted by molar-refractivity contribution is -0.119. The zero-order valence-corrected chi connectivity index (χ0v) is 22.5. The molecule has 1 fully saturated rings. The molecular formula is C28H32ClN3O4S. The van der Waals surface area contributed by atoms with Gasteiger partial charge in [0.2, 0.25) is 5.91 Å². The fourth-order valence-corrected chi connectivity index (χ4v) is 6.04. The molecule has 1 aliphatic heterocycles. The number of methoxy groups -OCH3 is 1. The van der Waals surface area contributed by atoms with E-state index in [-0.39, 0.29) is 11.4 Å². The monoisotopic (exact) mass is 541 g/mol. The van der Waals surface area contributed by atoms with E-state index >= 15 is 0 Å². The van der Waals surface area contributed by atoms with Crippen molar-refractivity contribution in [3.63, 3.8) is 0 Å². The summed E-state index contributed by atoms with van der Waals surface area (Å²) in [5, 5.41) is 3.29. The predicted molar refractivity (Wildman–Crippen MR) is 146 cm³/mol. The van der Waals surface area contributed by atoms with E-state index in [2.05, 4.69) is 16.3 Å². The summed E-state index contributed by atoms with van der Waals surface area (Å²) in [6.45, 7) is 2.93. The van der Waals surface area contributed by atoms with E-state index in [0.29, 0.717) is 23.0 Å². The Balaban J connectivity index is 1.51. The van der Waals surface area contributed by atoms with Gasteiger partial charge < -0.3 is 10.1 Å². The van der Waals surface area contributed by atoms with Crippen molar-refractivity contribution < 1.29 is 17.9 Å². The number of piperidine rings is 1. The standard InChI is InChI=1S/C28H32ClN3O4S/c1-36-26-12-14-27(15-13-26)37(34,35)32(25-11-7-10-24(29)18-25)21-28(33)30-19-22-8-3-4-9-23(22)20-31-16-5-2-6-17-31/h3-4,7-15,18H,2,5-6,16-17,19-21H2,1H3,(H,30,33). The number of carbonyl (C=O) groups excluding carboxylic acids is 1. The number of amides is 1. The van der Waals surface area contributed by atoms with Crippen LogP contribution in [0.3, 0.4) is 0 Å². The van der Waals surface area contributed by atoms with Crippen LogP contribution < -0.4 is 14.4 Å². The first-order chi connectivity index (χ1) is 17.9. The van der Waals surface area contributed by atoms with Crippen LogP contribution in [0.2, 0.25) is 5.02 Å². The first-order valence-corrected chi connectivity index (χ1v) is 14.2. The lowest BCUT2D eigenvalue weighted by Crippen LogP contribution is -2.40. The second-order valence-corrected chi connectivity index (χ2v) is 11.3. The van der Waals surface area contributed by atoms with Crippen LogP contribution >= 0.6 is 11.6 Å². The number of nitrogens with one attached hydrogen (secondary N) is 1. The molecule has 1 aliphatic rings. The minimum Gasteiger partial charge on any atom is -0.497 e. The van der Waals surface area contributed by atoms with Gasteiger partial charge >= 0.3 is 0 Å². The Hall–Kier alpha value is -3.07. The highest BCUT2D eigenvalue weighted by molar-refractivity contribution is 7.92. The molecule has 1 saturated heterocycles. The van der Waals surface area contributed by atoms with E-state index in [4.69, 9.17) is 16.3 Å². The van der Waals surface area contributed by atoms with Crippen LogP contribution in [0.15, 0.2) is 77.7 Å². The molecule has 37 heavy (non-hydrogen) atoms. The summed E-state index contributed by atoms with van der Waals surface area (Å²) >= 11 is 6.16. The number of benzene rings is 3. The van der Waals surface area contributed by atoms with Gasteiger partial charge in [-0.25, -0.2) is 8.42 Å². The molecule has 196 valence electrons. The molecule has 3 aromatic carbocycles. The van der Waals surface area contributed by atoms with Crippen molar-refractivity contribution in [3.8, 4) is 5.75 Å². The highest BCUT2D eigenvalue weighted by Crippen LogP contribution is 2.27. The van der Waals surface area contributed by atoms with Gasteiger partial charge in [0.25, 0.3) is 10.0 Å². The first-order valence-electron chi connectivity index (χ1n) is 12.3. The molecule has 0 unspecified atom stereocenters. The number of rotatable bonds is 10. The number of sulfonamides is 1. The van der Waals surface area contributed by atoms with E-state index in [1.807, 2.05) is 18.2 Å². The summed E-state index contributed by atoms with van der Waals surface area (Å²) in [7, 11) is -2.54. The Labute approximate surface area is 224 Å². The van der Waals surface area contributed by atoms with Crippen molar-refractivity contribution in [2.24, 2.45) is 0 Å². The van der Waals surface area contributed by atoms with E-state index in [0.717, 1.165) is 29.5 Å². The van der Waals surface area contributed by atoms with Gasteiger partial charge in [-0.15, -0.1) is 0 Å². The molecule has 4 rings (SSSR count). The molecule has 1 N–H and O–H groups in total. The van der Waals surface area contributed by atoms with Crippen molar-refractivity contribution in [1.29, 1.82) is 0 Å². The zero-order valence-electron chi connectivity index (χ0n) is 20.9. The lowest BCUT2D eigenvalue weighted by atomic mass is 10.0. The molecule has 0 radical (unpaired) electrons. The van der Waals surface area contributed by atoms with Gasteiger partial charge in [0.1, 0.15) is 12.3 Å².